The van der Waals surface area contributed by atoms with Crippen molar-refractivity contribution in [3.05, 3.63) is 35.9 Å². The van der Waals surface area contributed by atoms with Crippen LogP contribution in [0.15, 0.2) is 24.9 Å². The maximum atomic E-state index is 5.92. The summed E-state index contributed by atoms with van der Waals surface area (Å²) in [5.41, 5.74) is 1.65. The first-order valence-corrected chi connectivity index (χ1v) is 6.17. The standard InChI is InChI=1S/C11H11ClN8/c1-7-8(5-19(2)18-7)14-10-15-9(12)16-11(17-10)20-4-3-13-6-20/h3-6H,1-2H3,(H,14,15,16,17). The second-order valence-electron chi connectivity index (χ2n) is 4.12. The fourth-order valence-electron chi connectivity index (χ4n) is 1.73. The quantitative estimate of drug-likeness (QED) is 0.786. The fourth-order valence-corrected chi connectivity index (χ4v) is 1.89. The molecule has 3 rings (SSSR count). The van der Waals surface area contributed by atoms with Crippen LogP contribution in [-0.2, 0) is 7.05 Å². The molecule has 9 heteroatoms. The van der Waals surface area contributed by atoms with Crippen molar-refractivity contribution in [2.75, 3.05) is 5.32 Å². The summed E-state index contributed by atoms with van der Waals surface area (Å²) in [6, 6.07) is 0. The molecule has 0 atom stereocenters. The van der Waals surface area contributed by atoms with Crippen molar-refractivity contribution in [2.24, 2.45) is 7.05 Å². The van der Waals surface area contributed by atoms with Crippen molar-refractivity contribution >= 4 is 23.2 Å². The molecule has 0 aliphatic rings. The van der Waals surface area contributed by atoms with E-state index in [4.69, 9.17) is 11.6 Å². The molecule has 0 spiro atoms. The van der Waals surface area contributed by atoms with Crippen LogP contribution < -0.4 is 5.32 Å². The van der Waals surface area contributed by atoms with Crippen molar-refractivity contribution in [1.82, 2.24) is 34.3 Å². The van der Waals surface area contributed by atoms with Crippen LogP contribution >= 0.6 is 11.6 Å². The molecule has 0 saturated heterocycles. The lowest BCUT2D eigenvalue weighted by molar-refractivity contribution is 0.756. The van der Waals surface area contributed by atoms with Gasteiger partial charge >= 0.3 is 0 Å². The average molecular weight is 291 g/mol. The largest absolute Gasteiger partial charge is 0.321 e. The lowest BCUT2D eigenvalue weighted by Gasteiger charge is -2.05. The lowest BCUT2D eigenvalue weighted by Crippen LogP contribution is -2.05. The van der Waals surface area contributed by atoms with E-state index >= 15 is 0 Å². The average Bonchev–Trinajstić information content (AvgIpc) is 2.99. The van der Waals surface area contributed by atoms with E-state index in [1.165, 1.54) is 0 Å². The first-order chi connectivity index (χ1) is 9.61. The highest BCUT2D eigenvalue weighted by atomic mass is 35.5. The molecule has 102 valence electrons. The predicted octanol–water partition coefficient (Wildman–Crippen LogP) is 1.50. The molecule has 0 bridgehead atoms. The zero-order valence-corrected chi connectivity index (χ0v) is 11.6. The Hall–Kier alpha value is -2.48. The third-order valence-corrected chi connectivity index (χ3v) is 2.76. The molecule has 3 aromatic heterocycles. The zero-order chi connectivity index (χ0) is 14.1. The van der Waals surface area contributed by atoms with Crippen LogP contribution in [0.25, 0.3) is 5.95 Å². The second-order valence-corrected chi connectivity index (χ2v) is 4.46. The van der Waals surface area contributed by atoms with E-state index in [1.807, 2.05) is 20.2 Å². The smallest absolute Gasteiger partial charge is 0.241 e. The second kappa shape index (κ2) is 4.89. The van der Waals surface area contributed by atoms with Gasteiger partial charge in [-0.05, 0) is 18.5 Å². The number of imidazole rings is 1. The first-order valence-electron chi connectivity index (χ1n) is 5.79. The van der Waals surface area contributed by atoms with Gasteiger partial charge in [-0.25, -0.2) is 4.98 Å². The van der Waals surface area contributed by atoms with Gasteiger partial charge < -0.3 is 5.32 Å². The number of nitrogens with one attached hydrogen (secondary N) is 1. The van der Waals surface area contributed by atoms with Crippen molar-refractivity contribution in [3.8, 4) is 5.95 Å². The normalized spacial score (nSPS) is 10.8. The number of halogens is 1. The maximum Gasteiger partial charge on any atom is 0.241 e. The van der Waals surface area contributed by atoms with Gasteiger partial charge in [0, 0.05) is 25.6 Å². The van der Waals surface area contributed by atoms with E-state index in [2.05, 4.69) is 30.4 Å². The van der Waals surface area contributed by atoms with Gasteiger partial charge in [0.15, 0.2) is 0 Å². The molecule has 0 fully saturated rings. The Morgan fingerprint density at radius 3 is 2.75 bits per heavy atom. The van der Waals surface area contributed by atoms with Gasteiger partial charge in [-0.15, -0.1) is 0 Å². The molecule has 0 aliphatic heterocycles. The molecule has 1 N–H and O–H groups in total. The Morgan fingerprint density at radius 1 is 1.25 bits per heavy atom. The van der Waals surface area contributed by atoms with Gasteiger partial charge in [-0.3, -0.25) is 9.25 Å². The van der Waals surface area contributed by atoms with Crippen LogP contribution in [0.4, 0.5) is 11.6 Å². The third kappa shape index (κ3) is 2.45. The van der Waals surface area contributed by atoms with Gasteiger partial charge in [0.25, 0.3) is 0 Å². The molecule has 0 aromatic carbocycles. The SMILES string of the molecule is Cc1nn(C)cc1Nc1nc(Cl)nc(-n2ccnc2)n1. The highest BCUT2D eigenvalue weighted by molar-refractivity contribution is 6.28. The molecular formula is C11H11ClN8. The fraction of sp³-hybridized carbons (Fsp3) is 0.182. The third-order valence-electron chi connectivity index (χ3n) is 2.59. The van der Waals surface area contributed by atoms with Crippen molar-refractivity contribution < 1.29 is 0 Å². The summed E-state index contributed by atoms with van der Waals surface area (Å²) in [4.78, 5) is 16.3. The van der Waals surface area contributed by atoms with Crippen LogP contribution in [-0.4, -0.2) is 34.3 Å². The van der Waals surface area contributed by atoms with Crippen LogP contribution in [0.2, 0.25) is 5.28 Å². The monoisotopic (exact) mass is 290 g/mol. The zero-order valence-electron chi connectivity index (χ0n) is 10.8. The maximum absolute atomic E-state index is 5.92. The van der Waals surface area contributed by atoms with Crippen LogP contribution in [0, 0.1) is 6.92 Å². The van der Waals surface area contributed by atoms with E-state index in [0.29, 0.717) is 11.9 Å². The molecule has 0 radical (unpaired) electrons. The van der Waals surface area contributed by atoms with E-state index < -0.39 is 0 Å². The van der Waals surface area contributed by atoms with Gasteiger partial charge in [0.2, 0.25) is 17.2 Å². The van der Waals surface area contributed by atoms with Crippen molar-refractivity contribution in [2.45, 2.75) is 6.92 Å². The summed E-state index contributed by atoms with van der Waals surface area (Å²) in [5, 5.41) is 7.41. The van der Waals surface area contributed by atoms with E-state index in [-0.39, 0.29) is 5.28 Å². The minimum Gasteiger partial charge on any atom is -0.321 e. The summed E-state index contributed by atoms with van der Waals surface area (Å²) in [6.45, 7) is 1.89. The van der Waals surface area contributed by atoms with Crippen molar-refractivity contribution in [1.29, 1.82) is 0 Å². The Morgan fingerprint density at radius 2 is 2.10 bits per heavy atom. The molecule has 0 aliphatic carbocycles. The van der Waals surface area contributed by atoms with E-state index in [1.54, 1.807) is 28.0 Å². The Bertz CT molecular complexity index is 733. The highest BCUT2D eigenvalue weighted by Gasteiger charge is 2.09. The number of rotatable bonds is 3. The summed E-state index contributed by atoms with van der Waals surface area (Å²) in [6.07, 6.45) is 6.79. The molecule has 0 saturated carbocycles. The Labute approximate surface area is 119 Å². The number of hydrogen-bond acceptors (Lipinski definition) is 6. The molecule has 20 heavy (non-hydrogen) atoms. The minimum atomic E-state index is 0.104. The summed E-state index contributed by atoms with van der Waals surface area (Å²) in [5.74, 6) is 0.747. The predicted molar refractivity (Wildman–Crippen MR) is 73.2 cm³/mol. The molecule has 3 aromatic rings. The number of anilines is 2. The Balaban J connectivity index is 1.96. The summed E-state index contributed by atoms with van der Waals surface area (Å²) >= 11 is 5.92. The van der Waals surface area contributed by atoms with Crippen molar-refractivity contribution in [3.63, 3.8) is 0 Å². The van der Waals surface area contributed by atoms with Gasteiger partial charge in [0.05, 0.1) is 11.4 Å². The molecule has 3 heterocycles. The van der Waals surface area contributed by atoms with E-state index in [0.717, 1.165) is 11.4 Å². The molecule has 0 amide bonds. The van der Waals surface area contributed by atoms with Crippen LogP contribution in [0.1, 0.15) is 5.69 Å². The number of aromatic nitrogens is 7. The van der Waals surface area contributed by atoms with Gasteiger partial charge in [0.1, 0.15) is 6.33 Å². The molecular weight excluding hydrogens is 280 g/mol. The summed E-state index contributed by atoms with van der Waals surface area (Å²) < 4.78 is 3.35. The van der Waals surface area contributed by atoms with E-state index in [9.17, 15) is 0 Å². The van der Waals surface area contributed by atoms with Gasteiger partial charge in [-0.1, -0.05) is 0 Å². The van der Waals surface area contributed by atoms with Gasteiger partial charge in [-0.2, -0.15) is 20.1 Å². The number of nitrogens with zero attached hydrogens (tertiary/aromatic N) is 7. The first kappa shape index (κ1) is 12.5. The highest BCUT2D eigenvalue weighted by Crippen LogP contribution is 2.18. The topological polar surface area (TPSA) is 86.3 Å². The Kier molecular flexibility index (Phi) is 3.07. The lowest BCUT2D eigenvalue weighted by atomic mass is 10.4. The number of aryl methyl sites for hydroxylation is 2. The molecule has 8 nitrogen and oxygen atoms in total. The number of hydrogen-bond donors (Lipinski definition) is 1. The summed E-state index contributed by atoms with van der Waals surface area (Å²) in [7, 11) is 1.84. The van der Waals surface area contributed by atoms with Crippen LogP contribution in [0.3, 0.4) is 0 Å². The van der Waals surface area contributed by atoms with Crippen LogP contribution in [0.5, 0.6) is 0 Å². The molecule has 0 unspecified atom stereocenters. The minimum absolute atomic E-state index is 0.104.